The standard InChI is InChI=1S/C18H17N5O2S2/c24-27(25,16-12-20-17-13(16)4-3-7-19-17)23-10-8-22(9-11-23)18-21-14-5-1-2-6-15(14)26-18/h1-7,12H,8-11H2,(H,19,20). The van der Waals surface area contributed by atoms with Crippen molar-refractivity contribution in [3.63, 3.8) is 0 Å². The second-order valence-electron chi connectivity index (χ2n) is 6.41. The average molecular weight is 400 g/mol. The summed E-state index contributed by atoms with van der Waals surface area (Å²) in [4.78, 5) is 14.3. The summed E-state index contributed by atoms with van der Waals surface area (Å²) in [7, 11) is -3.56. The van der Waals surface area contributed by atoms with E-state index in [-0.39, 0.29) is 0 Å². The Morgan fingerprint density at radius 1 is 1.04 bits per heavy atom. The number of nitrogens with zero attached hydrogens (tertiary/aromatic N) is 4. The van der Waals surface area contributed by atoms with Crippen molar-refractivity contribution in [1.29, 1.82) is 0 Å². The van der Waals surface area contributed by atoms with E-state index in [4.69, 9.17) is 0 Å². The molecule has 9 heteroatoms. The number of rotatable bonds is 3. The van der Waals surface area contributed by atoms with Crippen LogP contribution in [0.2, 0.25) is 0 Å². The Morgan fingerprint density at radius 3 is 2.67 bits per heavy atom. The molecule has 1 aliphatic rings. The number of anilines is 1. The minimum atomic E-state index is -3.56. The third-order valence-corrected chi connectivity index (χ3v) is 7.86. The predicted molar refractivity (Wildman–Crippen MR) is 107 cm³/mol. The maximum atomic E-state index is 13.1. The van der Waals surface area contributed by atoms with E-state index in [2.05, 4.69) is 25.9 Å². The fourth-order valence-corrected chi connectivity index (χ4v) is 5.99. The number of aromatic nitrogens is 3. The van der Waals surface area contributed by atoms with Crippen molar-refractivity contribution >= 4 is 47.7 Å². The molecule has 4 aromatic rings. The molecular formula is C18H17N5O2S2. The van der Waals surface area contributed by atoms with Gasteiger partial charge in [0.25, 0.3) is 0 Å². The molecule has 0 amide bonds. The van der Waals surface area contributed by atoms with Crippen molar-refractivity contribution in [2.45, 2.75) is 4.90 Å². The minimum absolute atomic E-state index is 0.291. The summed E-state index contributed by atoms with van der Waals surface area (Å²) in [6, 6.07) is 11.6. The molecule has 1 aromatic carbocycles. The summed E-state index contributed by atoms with van der Waals surface area (Å²) in [5.74, 6) is 0. The lowest BCUT2D eigenvalue weighted by atomic mass is 10.3. The summed E-state index contributed by atoms with van der Waals surface area (Å²) in [5, 5.41) is 1.58. The van der Waals surface area contributed by atoms with Gasteiger partial charge in [-0.2, -0.15) is 4.31 Å². The number of sulfonamides is 1. The van der Waals surface area contributed by atoms with E-state index in [9.17, 15) is 8.42 Å². The first-order chi connectivity index (χ1) is 13.1. The predicted octanol–water partition coefficient (Wildman–Crippen LogP) is 2.68. The third kappa shape index (κ3) is 2.78. The van der Waals surface area contributed by atoms with E-state index >= 15 is 0 Å². The Morgan fingerprint density at radius 2 is 1.85 bits per heavy atom. The van der Waals surface area contributed by atoms with Gasteiger partial charge in [-0.25, -0.2) is 18.4 Å². The zero-order valence-corrected chi connectivity index (χ0v) is 16.0. The molecule has 27 heavy (non-hydrogen) atoms. The van der Waals surface area contributed by atoms with E-state index in [0.717, 1.165) is 15.3 Å². The molecule has 5 rings (SSSR count). The molecular weight excluding hydrogens is 382 g/mol. The van der Waals surface area contributed by atoms with Gasteiger partial charge in [0.2, 0.25) is 10.0 Å². The van der Waals surface area contributed by atoms with Crippen LogP contribution in [0.5, 0.6) is 0 Å². The maximum Gasteiger partial charge on any atom is 0.245 e. The normalized spacial score (nSPS) is 16.4. The van der Waals surface area contributed by atoms with E-state index in [1.54, 1.807) is 34.0 Å². The maximum absolute atomic E-state index is 13.1. The smallest absolute Gasteiger partial charge is 0.245 e. The van der Waals surface area contributed by atoms with Crippen LogP contribution in [0, 0.1) is 0 Å². The number of H-pyrrole nitrogens is 1. The van der Waals surface area contributed by atoms with Crippen LogP contribution >= 0.6 is 11.3 Å². The lowest BCUT2D eigenvalue weighted by molar-refractivity contribution is 0.385. The summed E-state index contributed by atoms with van der Waals surface area (Å²) >= 11 is 1.65. The molecule has 1 aliphatic heterocycles. The lowest BCUT2D eigenvalue weighted by Gasteiger charge is -2.33. The molecule has 0 unspecified atom stereocenters. The first-order valence-corrected chi connectivity index (χ1v) is 10.9. The van der Waals surface area contributed by atoms with Gasteiger partial charge < -0.3 is 9.88 Å². The molecule has 138 valence electrons. The van der Waals surface area contributed by atoms with Gasteiger partial charge in [0.05, 0.1) is 10.2 Å². The van der Waals surface area contributed by atoms with Crippen molar-refractivity contribution in [2.24, 2.45) is 0 Å². The van der Waals surface area contributed by atoms with Crippen molar-refractivity contribution in [1.82, 2.24) is 19.3 Å². The first-order valence-electron chi connectivity index (χ1n) is 8.66. The molecule has 0 aliphatic carbocycles. The number of hydrogen-bond donors (Lipinski definition) is 1. The number of fused-ring (bicyclic) bond motifs is 2. The number of thiazole rings is 1. The van der Waals surface area contributed by atoms with Gasteiger partial charge in [0, 0.05) is 44.0 Å². The van der Waals surface area contributed by atoms with Crippen LogP contribution in [0.1, 0.15) is 0 Å². The topological polar surface area (TPSA) is 82.2 Å². The van der Waals surface area contributed by atoms with Crippen LogP contribution in [-0.2, 0) is 10.0 Å². The van der Waals surface area contributed by atoms with Crippen LogP contribution in [0.3, 0.4) is 0 Å². The van der Waals surface area contributed by atoms with Gasteiger partial charge >= 0.3 is 0 Å². The fourth-order valence-electron chi connectivity index (χ4n) is 3.40. The Balaban J connectivity index is 1.38. The van der Waals surface area contributed by atoms with Gasteiger partial charge in [-0.3, -0.25) is 0 Å². The van der Waals surface area contributed by atoms with E-state index < -0.39 is 10.0 Å². The lowest BCUT2D eigenvalue weighted by Crippen LogP contribution is -2.48. The van der Waals surface area contributed by atoms with E-state index in [1.807, 2.05) is 18.2 Å². The summed E-state index contributed by atoms with van der Waals surface area (Å²) in [6.07, 6.45) is 3.18. The zero-order valence-electron chi connectivity index (χ0n) is 14.4. The minimum Gasteiger partial charge on any atom is -0.345 e. The SMILES string of the molecule is O=S(=O)(c1c[nH]c2ncccc12)N1CCN(c2nc3ccccc3s2)CC1. The highest BCUT2D eigenvalue weighted by Crippen LogP contribution is 2.30. The van der Waals surface area contributed by atoms with Crippen molar-refractivity contribution in [3.8, 4) is 0 Å². The third-order valence-electron chi connectivity index (χ3n) is 4.82. The number of benzene rings is 1. The van der Waals surface area contributed by atoms with Crippen LogP contribution in [0.25, 0.3) is 21.3 Å². The molecule has 1 fully saturated rings. The molecule has 0 radical (unpaired) electrons. The number of para-hydroxylation sites is 1. The quantitative estimate of drug-likeness (QED) is 0.573. The zero-order chi connectivity index (χ0) is 18.4. The summed E-state index contributed by atoms with van der Waals surface area (Å²) in [6.45, 7) is 2.12. The highest BCUT2D eigenvalue weighted by atomic mass is 32.2. The Hall–Kier alpha value is -2.49. The van der Waals surface area contributed by atoms with E-state index in [0.29, 0.717) is 42.1 Å². The Labute approximate surface area is 160 Å². The number of pyridine rings is 1. The largest absolute Gasteiger partial charge is 0.345 e. The molecule has 1 N–H and O–H groups in total. The Kier molecular flexibility index (Phi) is 3.88. The molecule has 0 atom stereocenters. The molecule has 7 nitrogen and oxygen atoms in total. The highest BCUT2D eigenvalue weighted by Gasteiger charge is 2.31. The van der Waals surface area contributed by atoms with Gasteiger partial charge in [0.15, 0.2) is 5.13 Å². The molecule has 0 bridgehead atoms. The van der Waals surface area contributed by atoms with Crippen LogP contribution in [-0.4, -0.2) is 53.9 Å². The number of aromatic amines is 1. The van der Waals surface area contributed by atoms with Crippen molar-refractivity contribution in [3.05, 3.63) is 48.8 Å². The summed E-state index contributed by atoms with van der Waals surface area (Å²) < 4.78 is 28.9. The van der Waals surface area contributed by atoms with Gasteiger partial charge in [-0.15, -0.1) is 0 Å². The number of nitrogens with one attached hydrogen (secondary N) is 1. The second kappa shape index (κ2) is 6.29. The number of hydrogen-bond acceptors (Lipinski definition) is 6. The second-order valence-corrected chi connectivity index (χ2v) is 9.32. The molecule has 0 spiro atoms. The van der Waals surface area contributed by atoms with Gasteiger partial charge in [0.1, 0.15) is 10.5 Å². The van der Waals surface area contributed by atoms with Crippen LogP contribution in [0.15, 0.2) is 53.7 Å². The number of piperazine rings is 1. The summed E-state index contributed by atoms with van der Waals surface area (Å²) in [5.41, 5.74) is 1.57. The van der Waals surface area contributed by atoms with Crippen molar-refractivity contribution < 1.29 is 8.42 Å². The van der Waals surface area contributed by atoms with Gasteiger partial charge in [-0.05, 0) is 24.3 Å². The van der Waals surface area contributed by atoms with Crippen LogP contribution in [0.4, 0.5) is 5.13 Å². The molecule has 3 aromatic heterocycles. The Bertz CT molecular complexity index is 1190. The first kappa shape index (κ1) is 16.7. The average Bonchev–Trinajstić information content (AvgIpc) is 3.32. The van der Waals surface area contributed by atoms with Crippen LogP contribution < -0.4 is 4.90 Å². The highest BCUT2D eigenvalue weighted by molar-refractivity contribution is 7.89. The van der Waals surface area contributed by atoms with Crippen molar-refractivity contribution in [2.75, 3.05) is 31.1 Å². The molecule has 0 saturated carbocycles. The van der Waals surface area contributed by atoms with Gasteiger partial charge in [-0.1, -0.05) is 23.5 Å². The van der Waals surface area contributed by atoms with E-state index in [1.165, 1.54) is 6.20 Å². The fraction of sp³-hybridized carbons (Fsp3) is 0.222. The molecule has 1 saturated heterocycles. The monoisotopic (exact) mass is 399 g/mol. The molecule has 4 heterocycles.